The second-order valence-electron chi connectivity index (χ2n) is 3.44. The van der Waals surface area contributed by atoms with Crippen molar-refractivity contribution < 1.29 is 4.79 Å². The Morgan fingerprint density at radius 2 is 2.13 bits per heavy atom. The molecule has 0 bridgehead atoms. The van der Waals surface area contributed by atoms with Crippen molar-refractivity contribution in [1.82, 2.24) is 4.98 Å². The number of pyridine rings is 1. The van der Waals surface area contributed by atoms with E-state index in [0.29, 0.717) is 6.54 Å². The van der Waals surface area contributed by atoms with Crippen LogP contribution in [0.1, 0.15) is 13.3 Å². The van der Waals surface area contributed by atoms with E-state index in [0.717, 1.165) is 12.1 Å². The summed E-state index contributed by atoms with van der Waals surface area (Å²) in [5.41, 5.74) is 6.39. The largest absolute Gasteiger partial charge is 0.330 e. The van der Waals surface area contributed by atoms with E-state index in [9.17, 15) is 4.79 Å². The fourth-order valence-electron chi connectivity index (χ4n) is 1.41. The summed E-state index contributed by atoms with van der Waals surface area (Å²) in [5, 5.41) is 0. The minimum Gasteiger partial charge on any atom is -0.330 e. The number of hydrogen-bond donors (Lipinski definition) is 1. The highest BCUT2D eigenvalue weighted by Gasteiger charge is 2.19. The van der Waals surface area contributed by atoms with E-state index in [4.69, 9.17) is 5.73 Å². The minimum absolute atomic E-state index is 0.0613. The fraction of sp³-hybridized carbons (Fsp3) is 0.455. The Morgan fingerprint density at radius 1 is 1.53 bits per heavy atom. The lowest BCUT2D eigenvalue weighted by Gasteiger charge is -2.21. The number of hydrogen-bond acceptors (Lipinski definition) is 3. The van der Waals surface area contributed by atoms with Crippen LogP contribution in [0.3, 0.4) is 0 Å². The molecule has 0 radical (unpaired) electrons. The highest BCUT2D eigenvalue weighted by Crippen LogP contribution is 2.14. The van der Waals surface area contributed by atoms with E-state index in [2.05, 4.69) is 4.98 Å². The van der Waals surface area contributed by atoms with E-state index in [1.54, 1.807) is 36.5 Å². The van der Waals surface area contributed by atoms with Crippen LogP contribution in [0.15, 0.2) is 24.5 Å². The molecule has 2 N–H and O–H groups in total. The molecule has 0 aliphatic rings. The highest BCUT2D eigenvalue weighted by molar-refractivity contribution is 5.94. The van der Waals surface area contributed by atoms with Crippen molar-refractivity contribution >= 4 is 11.6 Å². The van der Waals surface area contributed by atoms with Crippen LogP contribution >= 0.6 is 0 Å². The molecule has 15 heavy (non-hydrogen) atoms. The summed E-state index contributed by atoms with van der Waals surface area (Å²) in [4.78, 5) is 17.5. The molecule has 0 fully saturated rings. The van der Waals surface area contributed by atoms with Gasteiger partial charge in [0.05, 0.1) is 5.92 Å². The molecule has 1 heterocycles. The molecule has 82 valence electrons. The first-order chi connectivity index (χ1) is 7.20. The Hall–Kier alpha value is -1.42. The highest BCUT2D eigenvalue weighted by atomic mass is 16.2. The molecular formula is C11H17N3O. The van der Waals surface area contributed by atoms with Crippen molar-refractivity contribution in [3.05, 3.63) is 24.5 Å². The first-order valence-electron chi connectivity index (χ1n) is 5.08. The van der Waals surface area contributed by atoms with Gasteiger partial charge in [0.2, 0.25) is 5.91 Å². The van der Waals surface area contributed by atoms with Crippen molar-refractivity contribution in [1.29, 1.82) is 0 Å². The monoisotopic (exact) mass is 207 g/mol. The molecular weight excluding hydrogens is 190 g/mol. The Labute approximate surface area is 90.1 Å². The molecule has 0 saturated carbocycles. The SMILES string of the molecule is CCC(CN)C(=O)N(C)c1ccncc1. The summed E-state index contributed by atoms with van der Waals surface area (Å²) >= 11 is 0. The quantitative estimate of drug-likeness (QED) is 0.802. The van der Waals surface area contributed by atoms with E-state index < -0.39 is 0 Å². The standard InChI is InChI=1S/C11H17N3O/c1-3-9(8-12)11(15)14(2)10-4-6-13-7-5-10/h4-7,9H,3,8,12H2,1-2H3. The Kier molecular flexibility index (Phi) is 4.24. The van der Waals surface area contributed by atoms with Crippen LogP contribution in [0.5, 0.6) is 0 Å². The van der Waals surface area contributed by atoms with Crippen molar-refractivity contribution in [2.75, 3.05) is 18.5 Å². The van der Waals surface area contributed by atoms with Crippen molar-refractivity contribution in [3.8, 4) is 0 Å². The summed E-state index contributed by atoms with van der Waals surface area (Å²) in [6.45, 7) is 2.36. The third kappa shape index (κ3) is 2.76. The molecule has 4 nitrogen and oxygen atoms in total. The maximum absolute atomic E-state index is 11.9. The van der Waals surface area contributed by atoms with Crippen LogP contribution in [0.25, 0.3) is 0 Å². The maximum Gasteiger partial charge on any atom is 0.231 e. The molecule has 0 saturated heterocycles. The van der Waals surface area contributed by atoms with Gasteiger partial charge in [0.15, 0.2) is 0 Å². The lowest BCUT2D eigenvalue weighted by Crippen LogP contribution is -2.36. The smallest absolute Gasteiger partial charge is 0.231 e. The molecule has 1 rings (SSSR count). The van der Waals surface area contributed by atoms with Crippen LogP contribution < -0.4 is 10.6 Å². The van der Waals surface area contributed by atoms with Crippen LogP contribution in [0, 0.1) is 5.92 Å². The second-order valence-corrected chi connectivity index (χ2v) is 3.44. The number of nitrogens with zero attached hydrogens (tertiary/aromatic N) is 2. The number of rotatable bonds is 4. The second kappa shape index (κ2) is 5.46. The van der Waals surface area contributed by atoms with Crippen molar-refractivity contribution in [2.24, 2.45) is 11.7 Å². The van der Waals surface area contributed by atoms with Crippen LogP contribution in [-0.4, -0.2) is 24.5 Å². The van der Waals surface area contributed by atoms with Crippen LogP contribution in [0.4, 0.5) is 5.69 Å². The number of carbonyl (C=O) groups is 1. The summed E-state index contributed by atoms with van der Waals surface area (Å²) in [5.74, 6) is -0.0330. The Balaban J connectivity index is 2.76. The van der Waals surface area contributed by atoms with Crippen LogP contribution in [0.2, 0.25) is 0 Å². The third-order valence-electron chi connectivity index (χ3n) is 2.51. The maximum atomic E-state index is 11.9. The molecule has 0 aliphatic carbocycles. The molecule has 0 aromatic carbocycles. The van der Waals surface area contributed by atoms with Gasteiger partial charge in [0, 0.05) is 31.7 Å². The topological polar surface area (TPSA) is 59.2 Å². The van der Waals surface area contributed by atoms with Gasteiger partial charge < -0.3 is 10.6 Å². The summed E-state index contributed by atoms with van der Waals surface area (Å²) in [6, 6.07) is 3.61. The summed E-state index contributed by atoms with van der Waals surface area (Å²) < 4.78 is 0. The molecule has 1 amide bonds. The van der Waals surface area contributed by atoms with Gasteiger partial charge >= 0.3 is 0 Å². The zero-order chi connectivity index (χ0) is 11.3. The van der Waals surface area contributed by atoms with E-state index >= 15 is 0 Å². The third-order valence-corrected chi connectivity index (χ3v) is 2.51. The minimum atomic E-state index is -0.0943. The van der Waals surface area contributed by atoms with Gasteiger partial charge in [0.25, 0.3) is 0 Å². The number of nitrogens with two attached hydrogens (primary N) is 1. The van der Waals surface area contributed by atoms with E-state index in [-0.39, 0.29) is 11.8 Å². The number of carbonyl (C=O) groups excluding carboxylic acids is 1. The summed E-state index contributed by atoms with van der Waals surface area (Å²) in [6.07, 6.45) is 4.11. The summed E-state index contributed by atoms with van der Waals surface area (Å²) in [7, 11) is 1.76. The molecule has 1 atom stereocenters. The molecule has 1 aromatic heterocycles. The molecule has 0 spiro atoms. The zero-order valence-electron chi connectivity index (χ0n) is 9.18. The lowest BCUT2D eigenvalue weighted by molar-refractivity contribution is -0.121. The zero-order valence-corrected chi connectivity index (χ0v) is 9.18. The van der Waals surface area contributed by atoms with E-state index in [1.807, 2.05) is 6.92 Å². The predicted octanol–water partition coefficient (Wildman–Crippen LogP) is 1.03. The van der Waals surface area contributed by atoms with Gasteiger partial charge in [-0.25, -0.2) is 0 Å². The lowest BCUT2D eigenvalue weighted by atomic mass is 10.1. The number of amides is 1. The number of aromatic nitrogens is 1. The molecule has 1 aromatic rings. The number of anilines is 1. The van der Waals surface area contributed by atoms with Gasteiger partial charge in [-0.2, -0.15) is 0 Å². The molecule has 1 unspecified atom stereocenters. The molecule has 4 heteroatoms. The van der Waals surface area contributed by atoms with Gasteiger partial charge in [0.1, 0.15) is 0 Å². The van der Waals surface area contributed by atoms with Gasteiger partial charge in [-0.3, -0.25) is 9.78 Å². The fourth-order valence-corrected chi connectivity index (χ4v) is 1.41. The predicted molar refractivity (Wildman–Crippen MR) is 60.5 cm³/mol. The van der Waals surface area contributed by atoms with Gasteiger partial charge in [-0.15, -0.1) is 0 Å². The first kappa shape index (κ1) is 11.7. The van der Waals surface area contributed by atoms with Gasteiger partial charge in [-0.1, -0.05) is 6.92 Å². The van der Waals surface area contributed by atoms with Gasteiger partial charge in [-0.05, 0) is 18.6 Å². The Morgan fingerprint density at radius 3 is 2.60 bits per heavy atom. The first-order valence-corrected chi connectivity index (χ1v) is 5.08. The van der Waals surface area contributed by atoms with E-state index in [1.165, 1.54) is 0 Å². The average Bonchev–Trinajstić information content (AvgIpc) is 2.30. The Bertz CT molecular complexity index is 309. The van der Waals surface area contributed by atoms with Crippen molar-refractivity contribution in [2.45, 2.75) is 13.3 Å². The normalized spacial score (nSPS) is 12.2. The average molecular weight is 207 g/mol. The van der Waals surface area contributed by atoms with Crippen molar-refractivity contribution in [3.63, 3.8) is 0 Å². The van der Waals surface area contributed by atoms with Crippen LogP contribution in [-0.2, 0) is 4.79 Å². The molecule has 0 aliphatic heterocycles.